The Bertz CT molecular complexity index is 1300. The molecule has 0 amide bonds. The molecule has 12 heteroatoms. The van der Waals surface area contributed by atoms with Crippen LogP contribution in [0.3, 0.4) is 0 Å². The number of hydrogen-bond acceptors (Lipinski definition) is 7. The van der Waals surface area contributed by atoms with Gasteiger partial charge >= 0.3 is 0 Å². The molecule has 1 aliphatic carbocycles. The zero-order valence-corrected chi connectivity index (χ0v) is 18.8. The van der Waals surface area contributed by atoms with Crippen molar-refractivity contribution in [3.8, 4) is 5.69 Å². The minimum atomic E-state index is -2.67. The fourth-order valence-electron chi connectivity index (χ4n) is 5.59. The van der Waals surface area contributed by atoms with Crippen LogP contribution in [-0.4, -0.2) is 67.8 Å². The fraction of sp³-hybridized carbons (Fsp3) is 0.455. The van der Waals surface area contributed by atoms with Crippen molar-refractivity contribution in [2.75, 3.05) is 36.0 Å². The van der Waals surface area contributed by atoms with Gasteiger partial charge in [0, 0.05) is 49.6 Å². The monoisotopic (exact) mass is 488 g/mol. The predicted octanol–water partition coefficient (Wildman–Crippen LogP) is 2.90. The molecular formula is C22H20ClF3N8. The van der Waals surface area contributed by atoms with Crippen molar-refractivity contribution < 1.29 is 13.2 Å². The van der Waals surface area contributed by atoms with E-state index in [-0.39, 0.29) is 11.8 Å². The molecule has 3 aromatic rings. The lowest BCUT2D eigenvalue weighted by Crippen LogP contribution is -2.73. The van der Waals surface area contributed by atoms with Crippen molar-refractivity contribution in [3.63, 3.8) is 0 Å². The molecule has 8 nitrogen and oxygen atoms in total. The summed E-state index contributed by atoms with van der Waals surface area (Å²) < 4.78 is 43.8. The van der Waals surface area contributed by atoms with Crippen LogP contribution in [0, 0.1) is 11.2 Å². The molecule has 2 aromatic heterocycles. The molecule has 176 valence electrons. The molecule has 34 heavy (non-hydrogen) atoms. The Morgan fingerprint density at radius 3 is 2.53 bits per heavy atom. The molecule has 4 aliphatic rings. The molecule has 2 saturated heterocycles. The van der Waals surface area contributed by atoms with Gasteiger partial charge in [0.25, 0.3) is 5.92 Å². The van der Waals surface area contributed by atoms with Crippen LogP contribution < -0.4 is 9.80 Å². The molecule has 3 fully saturated rings. The van der Waals surface area contributed by atoms with Gasteiger partial charge in [-0.3, -0.25) is 9.47 Å². The number of nitrogens with zero attached hydrogens (tertiary/aromatic N) is 8. The summed E-state index contributed by atoms with van der Waals surface area (Å²) in [4.78, 5) is 13.6. The van der Waals surface area contributed by atoms with Crippen molar-refractivity contribution in [1.82, 2.24) is 29.6 Å². The van der Waals surface area contributed by atoms with E-state index in [0.29, 0.717) is 48.8 Å². The average molecular weight is 489 g/mol. The maximum Gasteiger partial charge on any atom is 0.265 e. The molecule has 1 saturated carbocycles. The second kappa shape index (κ2) is 6.82. The largest absolute Gasteiger partial charge is 0.353 e. The zero-order chi connectivity index (χ0) is 23.2. The maximum atomic E-state index is 14.0. The van der Waals surface area contributed by atoms with Crippen LogP contribution in [0.15, 0.2) is 30.7 Å². The highest BCUT2D eigenvalue weighted by Crippen LogP contribution is 2.48. The van der Waals surface area contributed by atoms with Crippen molar-refractivity contribution >= 4 is 23.4 Å². The van der Waals surface area contributed by atoms with Gasteiger partial charge < -0.3 is 9.80 Å². The summed E-state index contributed by atoms with van der Waals surface area (Å²) in [6.07, 6.45) is 2.39. The molecule has 1 aromatic carbocycles. The number of alkyl halides is 2. The van der Waals surface area contributed by atoms with Crippen LogP contribution in [0.25, 0.3) is 5.69 Å². The minimum Gasteiger partial charge on any atom is -0.353 e. The normalized spacial score (nSPS) is 24.2. The summed E-state index contributed by atoms with van der Waals surface area (Å²) >= 11 is 6.25. The Morgan fingerprint density at radius 1 is 1.03 bits per heavy atom. The fourth-order valence-corrected chi connectivity index (χ4v) is 5.78. The van der Waals surface area contributed by atoms with Gasteiger partial charge in [0.2, 0.25) is 5.95 Å². The summed E-state index contributed by atoms with van der Waals surface area (Å²) in [5, 5.41) is 9.40. The summed E-state index contributed by atoms with van der Waals surface area (Å²) in [5.74, 6) is -1.42. The Kier molecular flexibility index (Phi) is 4.10. The maximum absolute atomic E-state index is 14.0. The highest BCUT2D eigenvalue weighted by molar-refractivity contribution is 6.30. The smallest absolute Gasteiger partial charge is 0.265 e. The lowest BCUT2D eigenvalue weighted by molar-refractivity contribution is 0.0663. The lowest BCUT2D eigenvalue weighted by atomic mass is 9.73. The van der Waals surface area contributed by atoms with Crippen LogP contribution in [0.4, 0.5) is 24.9 Å². The van der Waals surface area contributed by atoms with E-state index >= 15 is 0 Å². The van der Waals surface area contributed by atoms with Gasteiger partial charge in [0.05, 0.1) is 24.5 Å². The SMILES string of the molecule is Fc1cncnc1N1CC2(C1)CN(c1nnc3n1-c1ccc(Cl)cc1CN(C1CC1(F)F)C3)C2. The van der Waals surface area contributed by atoms with Gasteiger partial charge in [-0.25, -0.2) is 23.1 Å². The summed E-state index contributed by atoms with van der Waals surface area (Å²) in [6.45, 7) is 3.58. The van der Waals surface area contributed by atoms with E-state index in [9.17, 15) is 13.2 Å². The van der Waals surface area contributed by atoms with E-state index in [4.69, 9.17) is 11.6 Å². The zero-order valence-electron chi connectivity index (χ0n) is 18.0. The average Bonchev–Trinajstić information content (AvgIpc) is 3.25. The van der Waals surface area contributed by atoms with Gasteiger partial charge in [-0.15, -0.1) is 10.2 Å². The van der Waals surface area contributed by atoms with E-state index in [2.05, 4.69) is 25.1 Å². The third kappa shape index (κ3) is 3.02. The van der Waals surface area contributed by atoms with Crippen molar-refractivity contribution in [2.24, 2.45) is 5.41 Å². The van der Waals surface area contributed by atoms with E-state index in [0.717, 1.165) is 24.3 Å². The Balaban J connectivity index is 1.15. The highest BCUT2D eigenvalue weighted by atomic mass is 35.5. The topological polar surface area (TPSA) is 66.2 Å². The van der Waals surface area contributed by atoms with Crippen LogP contribution in [-0.2, 0) is 13.1 Å². The molecule has 3 aliphatic heterocycles. The lowest BCUT2D eigenvalue weighted by Gasteiger charge is -2.60. The number of benzene rings is 1. The van der Waals surface area contributed by atoms with E-state index in [1.54, 1.807) is 11.0 Å². The van der Waals surface area contributed by atoms with Crippen LogP contribution >= 0.6 is 11.6 Å². The molecule has 0 bridgehead atoms. The first-order valence-electron chi connectivity index (χ1n) is 11.1. The van der Waals surface area contributed by atoms with Crippen LogP contribution in [0.1, 0.15) is 17.8 Å². The summed E-state index contributed by atoms with van der Waals surface area (Å²) in [6, 6.07) is 4.75. The standard InChI is InChI=1S/C22H20ClF3N8/c23-14-1-2-16-13(3-14)6-31(17-4-22(17,25)26)7-18-29-30-20(34(16)18)33-10-21(11-33)8-32(9-21)19-15(24)5-27-12-28-19/h1-3,5,12,17H,4,6-11H2. The van der Waals surface area contributed by atoms with E-state index in [1.807, 2.05) is 21.6 Å². The molecule has 0 radical (unpaired) electrons. The molecular weight excluding hydrogens is 469 g/mol. The van der Waals surface area contributed by atoms with Crippen molar-refractivity contribution in [3.05, 3.63) is 53.0 Å². The Morgan fingerprint density at radius 2 is 1.79 bits per heavy atom. The first-order chi connectivity index (χ1) is 16.3. The van der Waals surface area contributed by atoms with Crippen LogP contribution in [0.5, 0.6) is 0 Å². The molecule has 0 N–H and O–H groups in total. The number of aromatic nitrogens is 5. The third-order valence-corrected chi connectivity index (χ3v) is 7.52. The number of anilines is 2. The summed E-state index contributed by atoms with van der Waals surface area (Å²) in [5.41, 5.74) is 1.78. The van der Waals surface area contributed by atoms with Gasteiger partial charge in [-0.2, -0.15) is 0 Å². The van der Waals surface area contributed by atoms with Gasteiger partial charge in [-0.1, -0.05) is 11.6 Å². The molecule has 1 atom stereocenters. The quantitative estimate of drug-likeness (QED) is 0.561. The molecule has 7 rings (SSSR count). The highest BCUT2D eigenvalue weighted by Gasteiger charge is 2.60. The van der Waals surface area contributed by atoms with Gasteiger partial charge in [-0.05, 0) is 23.8 Å². The van der Waals surface area contributed by atoms with E-state index in [1.165, 1.54) is 12.5 Å². The second-order valence-corrected chi connectivity index (χ2v) is 10.3. The summed E-state index contributed by atoms with van der Waals surface area (Å²) in [7, 11) is 0. The van der Waals surface area contributed by atoms with E-state index < -0.39 is 17.8 Å². The number of fused-ring (bicyclic) bond motifs is 3. The molecule has 1 unspecified atom stereocenters. The Hall–Kier alpha value is -2.92. The van der Waals surface area contributed by atoms with Crippen LogP contribution in [0.2, 0.25) is 5.02 Å². The molecule has 1 spiro atoms. The Labute approximate surface area is 198 Å². The minimum absolute atomic E-state index is 0.0411. The number of halogens is 4. The second-order valence-electron chi connectivity index (χ2n) is 9.82. The van der Waals surface area contributed by atoms with Crippen molar-refractivity contribution in [2.45, 2.75) is 31.5 Å². The predicted molar refractivity (Wildman–Crippen MR) is 118 cm³/mol. The first-order valence-corrected chi connectivity index (χ1v) is 11.5. The van der Waals surface area contributed by atoms with Gasteiger partial charge in [0.15, 0.2) is 17.5 Å². The van der Waals surface area contributed by atoms with Crippen molar-refractivity contribution in [1.29, 1.82) is 0 Å². The number of hydrogen-bond donors (Lipinski definition) is 0. The first kappa shape index (κ1) is 20.5. The number of rotatable bonds is 3. The van der Waals surface area contributed by atoms with Gasteiger partial charge in [0.1, 0.15) is 6.33 Å². The molecule has 5 heterocycles. The third-order valence-electron chi connectivity index (χ3n) is 7.28.